The Morgan fingerprint density at radius 2 is 1.66 bits per heavy atom. The van der Waals surface area contributed by atoms with Crippen LogP contribution in [0.1, 0.15) is 40.2 Å². The number of carboxylic acid groups (broad SMARTS) is 1. The van der Waals surface area contributed by atoms with Gasteiger partial charge in [-0.1, -0.05) is 43.3 Å². The summed E-state index contributed by atoms with van der Waals surface area (Å²) in [6, 6.07) is 16.1. The number of carbonyl (C=O) groups excluding carboxylic acids is 2. The molecule has 32 heavy (non-hydrogen) atoms. The van der Waals surface area contributed by atoms with Crippen LogP contribution in [0.4, 0.5) is 5.69 Å². The molecule has 1 aromatic heterocycles. The van der Waals surface area contributed by atoms with Crippen molar-refractivity contribution in [1.29, 1.82) is 0 Å². The molecule has 1 amide bonds. The number of amides is 1. The molecule has 1 aliphatic heterocycles. The van der Waals surface area contributed by atoms with Crippen molar-refractivity contribution in [3.63, 3.8) is 0 Å². The number of carbonyl (C=O) groups is 3. The van der Waals surface area contributed by atoms with Gasteiger partial charge in [0, 0.05) is 5.69 Å². The average Bonchev–Trinajstić information content (AvgIpc) is 3.41. The van der Waals surface area contributed by atoms with E-state index in [9.17, 15) is 19.5 Å². The lowest BCUT2D eigenvalue weighted by atomic mass is 9.94. The summed E-state index contributed by atoms with van der Waals surface area (Å²) in [5.74, 6) is -2.86. The molecule has 0 aliphatic carbocycles. The maximum absolute atomic E-state index is 13.2. The second kappa shape index (κ2) is 8.55. The summed E-state index contributed by atoms with van der Waals surface area (Å²) in [7, 11) is 0. The highest BCUT2D eigenvalue weighted by atomic mass is 16.4. The fourth-order valence-electron chi connectivity index (χ4n) is 3.84. The third-order valence-electron chi connectivity index (χ3n) is 5.47. The molecule has 0 radical (unpaired) electrons. The van der Waals surface area contributed by atoms with Crippen molar-refractivity contribution in [3.05, 3.63) is 101 Å². The van der Waals surface area contributed by atoms with E-state index in [1.165, 1.54) is 17.2 Å². The van der Waals surface area contributed by atoms with E-state index in [0.717, 1.165) is 12.0 Å². The number of hydrogen-bond donors (Lipinski definition) is 2. The quantitative estimate of drug-likeness (QED) is 0.542. The van der Waals surface area contributed by atoms with E-state index in [2.05, 4.69) is 0 Å². The number of benzene rings is 2. The van der Waals surface area contributed by atoms with Crippen molar-refractivity contribution in [3.8, 4) is 0 Å². The Hall–Kier alpha value is -4.13. The first kappa shape index (κ1) is 21.1. The number of ketones is 1. The van der Waals surface area contributed by atoms with Crippen molar-refractivity contribution in [2.75, 3.05) is 4.90 Å². The standard InChI is InChI=1S/C25H21NO6/c1-2-15-5-9-17(10-6-15)22-21(23(29)19-4-3-13-32-19)24(30)25(31)26(22)18-11-7-16(8-12-18)14-20(27)28/h3-13,22,30H,2,14H2,1H3,(H,27,28). The summed E-state index contributed by atoms with van der Waals surface area (Å²) >= 11 is 0. The molecule has 3 aromatic rings. The molecule has 0 saturated heterocycles. The van der Waals surface area contributed by atoms with Crippen LogP contribution in [0, 0.1) is 0 Å². The summed E-state index contributed by atoms with van der Waals surface area (Å²) in [6.45, 7) is 2.02. The summed E-state index contributed by atoms with van der Waals surface area (Å²) < 4.78 is 5.23. The fourth-order valence-corrected chi connectivity index (χ4v) is 3.84. The van der Waals surface area contributed by atoms with Crippen molar-refractivity contribution >= 4 is 23.3 Å². The number of furan rings is 1. The molecule has 1 unspecified atom stereocenters. The number of nitrogens with zero attached hydrogens (tertiary/aromatic N) is 1. The van der Waals surface area contributed by atoms with Gasteiger partial charge in [0.2, 0.25) is 5.78 Å². The first-order valence-corrected chi connectivity index (χ1v) is 10.1. The smallest absolute Gasteiger partial charge is 0.307 e. The molecule has 0 saturated carbocycles. The Bertz CT molecular complexity index is 1190. The molecule has 162 valence electrons. The van der Waals surface area contributed by atoms with Crippen LogP contribution < -0.4 is 4.90 Å². The highest BCUT2D eigenvalue weighted by molar-refractivity contribution is 6.20. The Kier molecular flexibility index (Phi) is 5.64. The van der Waals surface area contributed by atoms with Gasteiger partial charge >= 0.3 is 5.97 Å². The van der Waals surface area contributed by atoms with Crippen LogP contribution in [0.15, 0.2) is 82.7 Å². The number of rotatable bonds is 7. The van der Waals surface area contributed by atoms with Gasteiger partial charge in [-0.05, 0) is 47.4 Å². The van der Waals surface area contributed by atoms with E-state index in [-0.39, 0.29) is 17.8 Å². The number of aryl methyl sites for hydroxylation is 1. The molecule has 7 heteroatoms. The summed E-state index contributed by atoms with van der Waals surface area (Å²) in [5.41, 5.74) is 2.69. The minimum absolute atomic E-state index is 0.0215. The number of aliphatic carboxylic acids is 1. The van der Waals surface area contributed by atoms with Gasteiger partial charge in [0.05, 0.1) is 24.3 Å². The number of Topliss-reactive ketones (excluding diaryl/α,β-unsaturated/α-hetero) is 1. The minimum Gasteiger partial charge on any atom is -0.503 e. The number of anilines is 1. The Balaban J connectivity index is 1.80. The van der Waals surface area contributed by atoms with Crippen LogP contribution in [0.2, 0.25) is 0 Å². The molecule has 0 bridgehead atoms. The van der Waals surface area contributed by atoms with Gasteiger partial charge in [-0.25, -0.2) is 0 Å². The Morgan fingerprint density at radius 1 is 1.00 bits per heavy atom. The highest BCUT2D eigenvalue weighted by Crippen LogP contribution is 2.42. The third kappa shape index (κ3) is 3.80. The van der Waals surface area contributed by atoms with Gasteiger partial charge in [0.1, 0.15) is 0 Å². The predicted molar refractivity (Wildman–Crippen MR) is 117 cm³/mol. The van der Waals surface area contributed by atoms with Gasteiger partial charge in [-0.2, -0.15) is 0 Å². The Labute approximate surface area is 184 Å². The first-order chi connectivity index (χ1) is 15.4. The number of hydrogen-bond acceptors (Lipinski definition) is 5. The molecule has 1 atom stereocenters. The molecule has 4 rings (SSSR count). The zero-order valence-corrected chi connectivity index (χ0v) is 17.3. The highest BCUT2D eigenvalue weighted by Gasteiger charge is 2.45. The predicted octanol–water partition coefficient (Wildman–Crippen LogP) is 4.25. The van der Waals surface area contributed by atoms with Gasteiger partial charge in [-0.15, -0.1) is 0 Å². The summed E-state index contributed by atoms with van der Waals surface area (Å²) in [4.78, 5) is 38.6. The molecular formula is C25H21NO6. The maximum atomic E-state index is 13.2. The number of carboxylic acids is 1. The van der Waals surface area contributed by atoms with Crippen molar-refractivity contribution in [2.24, 2.45) is 0 Å². The zero-order valence-electron chi connectivity index (χ0n) is 17.3. The second-order valence-corrected chi connectivity index (χ2v) is 7.48. The molecule has 0 spiro atoms. The van der Waals surface area contributed by atoms with Gasteiger partial charge in [0.25, 0.3) is 5.91 Å². The average molecular weight is 431 g/mol. The SMILES string of the molecule is CCc1ccc(C2C(C(=O)c3ccco3)=C(O)C(=O)N2c2ccc(CC(=O)O)cc2)cc1. The topological polar surface area (TPSA) is 108 Å². The van der Waals surface area contributed by atoms with E-state index in [1.54, 1.807) is 30.3 Å². The van der Waals surface area contributed by atoms with Crippen molar-refractivity contribution in [1.82, 2.24) is 0 Å². The van der Waals surface area contributed by atoms with Gasteiger partial charge in [-0.3, -0.25) is 19.3 Å². The van der Waals surface area contributed by atoms with E-state index < -0.39 is 29.5 Å². The molecule has 2 N–H and O–H groups in total. The molecule has 1 aliphatic rings. The maximum Gasteiger partial charge on any atom is 0.307 e. The number of aliphatic hydroxyl groups is 1. The van der Waals surface area contributed by atoms with Gasteiger partial charge < -0.3 is 14.6 Å². The molecule has 7 nitrogen and oxygen atoms in total. The van der Waals surface area contributed by atoms with E-state index in [1.807, 2.05) is 31.2 Å². The van der Waals surface area contributed by atoms with Crippen LogP contribution >= 0.6 is 0 Å². The van der Waals surface area contributed by atoms with Crippen LogP contribution in [-0.4, -0.2) is 27.9 Å². The van der Waals surface area contributed by atoms with Crippen molar-refractivity contribution in [2.45, 2.75) is 25.8 Å². The molecule has 2 aromatic carbocycles. The van der Waals surface area contributed by atoms with Crippen LogP contribution in [0.3, 0.4) is 0 Å². The van der Waals surface area contributed by atoms with Crippen LogP contribution in [-0.2, 0) is 22.4 Å². The largest absolute Gasteiger partial charge is 0.503 e. The van der Waals surface area contributed by atoms with E-state index >= 15 is 0 Å². The molecule has 2 heterocycles. The van der Waals surface area contributed by atoms with E-state index in [0.29, 0.717) is 16.8 Å². The first-order valence-electron chi connectivity index (χ1n) is 10.1. The third-order valence-corrected chi connectivity index (χ3v) is 5.47. The van der Waals surface area contributed by atoms with Crippen molar-refractivity contribution < 1.29 is 29.0 Å². The minimum atomic E-state index is -0.963. The lowest BCUT2D eigenvalue weighted by Crippen LogP contribution is -2.31. The molecular weight excluding hydrogens is 410 g/mol. The van der Waals surface area contributed by atoms with Gasteiger partial charge in [0.15, 0.2) is 11.5 Å². The lowest BCUT2D eigenvalue weighted by molar-refractivity contribution is -0.136. The van der Waals surface area contributed by atoms with Crippen LogP contribution in [0.5, 0.6) is 0 Å². The Morgan fingerprint density at radius 3 is 2.22 bits per heavy atom. The molecule has 0 fully saturated rings. The van der Waals surface area contributed by atoms with Crippen LogP contribution in [0.25, 0.3) is 0 Å². The van der Waals surface area contributed by atoms with E-state index in [4.69, 9.17) is 9.52 Å². The monoisotopic (exact) mass is 431 g/mol. The lowest BCUT2D eigenvalue weighted by Gasteiger charge is -2.27. The summed E-state index contributed by atoms with van der Waals surface area (Å²) in [6.07, 6.45) is 2.03. The fraction of sp³-hybridized carbons (Fsp3) is 0.160. The number of aliphatic hydroxyl groups excluding tert-OH is 1. The zero-order chi connectivity index (χ0) is 22.8. The summed E-state index contributed by atoms with van der Waals surface area (Å²) in [5, 5.41) is 19.7. The second-order valence-electron chi connectivity index (χ2n) is 7.48. The normalized spacial score (nSPS) is 16.0.